The van der Waals surface area contributed by atoms with Gasteiger partial charge in [0.15, 0.2) is 8.32 Å². The molecule has 2 rings (SSSR count). The van der Waals surface area contributed by atoms with Crippen molar-refractivity contribution >= 4 is 20.1 Å². The molecule has 0 aromatic carbocycles. The third-order valence-corrected chi connectivity index (χ3v) is 10.6. The van der Waals surface area contributed by atoms with E-state index in [1.807, 2.05) is 0 Å². The van der Waals surface area contributed by atoms with E-state index >= 15 is 0 Å². The molecule has 1 aromatic heterocycles. The first-order valence-electron chi connectivity index (χ1n) is 8.31. The van der Waals surface area contributed by atoms with Crippen molar-refractivity contribution in [1.82, 2.24) is 9.55 Å². The molecule has 2 N–H and O–H groups in total. The van der Waals surface area contributed by atoms with Crippen molar-refractivity contribution in [2.45, 2.75) is 68.6 Å². The summed E-state index contributed by atoms with van der Waals surface area (Å²) in [5, 5.41) is 9.79. The molecular weight excluding hydrogens is 332 g/mol. The third-order valence-electron chi connectivity index (χ3n) is 4.68. The molecule has 1 aromatic rings. The van der Waals surface area contributed by atoms with Crippen LogP contribution in [0.3, 0.4) is 0 Å². The van der Waals surface area contributed by atoms with E-state index in [1.54, 1.807) is 0 Å². The van der Waals surface area contributed by atoms with Crippen LogP contribution in [0, 0.1) is 0 Å². The molecule has 1 unspecified atom stereocenters. The smallest absolute Gasteiger partial charge is 0.329 e. The molecule has 130 valence electrons. The van der Waals surface area contributed by atoms with Crippen molar-refractivity contribution < 1.29 is 10.9 Å². The number of aliphatic hydroxyl groups is 1. The van der Waals surface area contributed by atoms with Crippen LogP contribution in [0.15, 0.2) is 21.9 Å². The fraction of sp³-hybridized carbons (Fsp3) is 0.733. The Bertz CT molecular complexity index is 700. The maximum absolute atomic E-state index is 12.2. The molecule has 1 aliphatic rings. The SMILES string of the molecule is [2H]C[C@H]1SC(n2ccc(=O)[nH]c2=O)[C@H](O[Si](C)(C)C(C)(C)C)[C@@H]1O. The number of aromatic amines is 1. The number of aliphatic hydroxyl groups excluding tert-OH is 1. The Morgan fingerprint density at radius 2 is 2.09 bits per heavy atom. The van der Waals surface area contributed by atoms with Crippen LogP contribution >= 0.6 is 11.8 Å². The van der Waals surface area contributed by atoms with Gasteiger partial charge in [0, 0.05) is 18.9 Å². The van der Waals surface area contributed by atoms with Crippen molar-refractivity contribution in [3.8, 4) is 0 Å². The van der Waals surface area contributed by atoms with Crippen molar-refractivity contribution in [3.05, 3.63) is 33.1 Å². The molecule has 1 aliphatic heterocycles. The number of rotatable bonds is 3. The maximum atomic E-state index is 12.2. The zero-order chi connectivity index (χ0) is 18.3. The van der Waals surface area contributed by atoms with E-state index in [-0.39, 0.29) is 17.2 Å². The average Bonchev–Trinajstić information content (AvgIpc) is 2.74. The number of H-pyrrole nitrogens is 1. The van der Waals surface area contributed by atoms with E-state index in [4.69, 9.17) is 5.80 Å². The van der Waals surface area contributed by atoms with Gasteiger partial charge in [0.1, 0.15) is 11.5 Å². The summed E-state index contributed by atoms with van der Waals surface area (Å²) in [4.78, 5) is 25.7. The van der Waals surface area contributed by atoms with Gasteiger partial charge < -0.3 is 9.53 Å². The van der Waals surface area contributed by atoms with E-state index in [1.165, 1.54) is 28.6 Å². The van der Waals surface area contributed by atoms with Crippen LogP contribution in [0.2, 0.25) is 18.1 Å². The molecule has 0 saturated carbocycles. The van der Waals surface area contributed by atoms with Crippen molar-refractivity contribution in [2.24, 2.45) is 0 Å². The van der Waals surface area contributed by atoms with Gasteiger partial charge in [-0.2, -0.15) is 0 Å². The Kier molecular flexibility index (Phi) is 4.61. The average molecular weight is 360 g/mol. The summed E-state index contributed by atoms with van der Waals surface area (Å²) >= 11 is 1.35. The van der Waals surface area contributed by atoms with Crippen LogP contribution in [0.5, 0.6) is 0 Å². The van der Waals surface area contributed by atoms with Crippen LogP contribution in [0.4, 0.5) is 0 Å². The lowest BCUT2D eigenvalue weighted by atomic mass is 10.1. The number of nitrogens with one attached hydrogen (secondary N) is 1. The highest BCUT2D eigenvalue weighted by Crippen LogP contribution is 2.46. The number of hydrogen-bond acceptors (Lipinski definition) is 5. The molecule has 8 heteroatoms. The topological polar surface area (TPSA) is 84.3 Å². The van der Waals surface area contributed by atoms with Gasteiger partial charge in [0.2, 0.25) is 0 Å². The molecule has 1 fully saturated rings. The molecule has 23 heavy (non-hydrogen) atoms. The van der Waals surface area contributed by atoms with Crippen molar-refractivity contribution in [2.75, 3.05) is 0 Å². The summed E-state index contributed by atoms with van der Waals surface area (Å²) in [6.07, 6.45) is 0.0140. The molecule has 0 radical (unpaired) electrons. The van der Waals surface area contributed by atoms with Crippen LogP contribution in [-0.4, -0.2) is 40.4 Å². The van der Waals surface area contributed by atoms with Crippen LogP contribution in [-0.2, 0) is 4.43 Å². The zero-order valence-corrected chi connectivity index (χ0v) is 16.0. The number of thioether (sulfide) groups is 1. The molecule has 0 amide bonds. The second kappa shape index (κ2) is 6.23. The minimum atomic E-state index is -2.18. The first kappa shape index (κ1) is 17.0. The summed E-state index contributed by atoms with van der Waals surface area (Å²) < 4.78 is 15.4. The van der Waals surface area contributed by atoms with Crippen LogP contribution < -0.4 is 11.2 Å². The molecule has 1 saturated heterocycles. The Morgan fingerprint density at radius 3 is 2.61 bits per heavy atom. The largest absolute Gasteiger partial charge is 0.408 e. The first-order chi connectivity index (χ1) is 11.0. The fourth-order valence-electron chi connectivity index (χ4n) is 2.21. The standard InChI is InChI=1S/C15H26N2O4SSi/c1-9-11(19)12(21-23(5,6)15(2,3)4)13(22-9)17-8-7-10(18)16-14(17)20/h7-9,11-13,19H,1-6H3,(H,16,18,20)/t9-,11-,12-,13?/m1/s1/i1D. The highest BCUT2D eigenvalue weighted by molar-refractivity contribution is 8.00. The second-order valence-corrected chi connectivity index (χ2v) is 13.5. The zero-order valence-electron chi connectivity index (χ0n) is 15.2. The Balaban J connectivity index is 2.41. The van der Waals surface area contributed by atoms with Crippen LogP contribution in [0.1, 0.15) is 34.4 Å². The van der Waals surface area contributed by atoms with E-state index in [0.717, 1.165) is 0 Å². The lowest BCUT2D eigenvalue weighted by molar-refractivity contribution is 0.0271. The summed E-state index contributed by atoms with van der Waals surface area (Å²) in [5.41, 5.74) is -0.986. The van der Waals surface area contributed by atoms with Gasteiger partial charge in [0.25, 0.3) is 5.56 Å². The Morgan fingerprint density at radius 1 is 1.43 bits per heavy atom. The lowest BCUT2D eigenvalue weighted by Gasteiger charge is -2.40. The molecule has 0 spiro atoms. The Hall–Kier alpha value is -0.833. The lowest BCUT2D eigenvalue weighted by Crippen LogP contribution is -2.49. The number of hydrogen-bond donors (Lipinski definition) is 2. The fourth-order valence-corrected chi connectivity index (χ4v) is 4.96. The third kappa shape index (κ3) is 3.65. The predicted molar refractivity (Wildman–Crippen MR) is 95.5 cm³/mol. The molecular formula is C15H26N2O4SSi. The highest BCUT2D eigenvalue weighted by Gasteiger charge is 2.48. The van der Waals surface area contributed by atoms with E-state index in [2.05, 4.69) is 38.8 Å². The summed E-state index contributed by atoms with van der Waals surface area (Å²) in [7, 11) is -2.18. The molecule has 2 heterocycles. The highest BCUT2D eigenvalue weighted by atomic mass is 32.2. The maximum Gasteiger partial charge on any atom is 0.329 e. The van der Waals surface area contributed by atoms with E-state index < -0.39 is 37.1 Å². The van der Waals surface area contributed by atoms with Gasteiger partial charge in [-0.15, -0.1) is 11.8 Å². The second-order valence-electron chi connectivity index (χ2n) is 7.42. The molecule has 0 bridgehead atoms. The normalized spacial score (nSPS) is 29.6. The van der Waals surface area contributed by atoms with E-state index in [9.17, 15) is 14.7 Å². The van der Waals surface area contributed by atoms with Crippen molar-refractivity contribution in [3.63, 3.8) is 0 Å². The van der Waals surface area contributed by atoms with Gasteiger partial charge in [0.05, 0.1) is 6.10 Å². The first-order valence-corrected chi connectivity index (χ1v) is 11.4. The number of nitrogens with zero attached hydrogens (tertiary/aromatic N) is 1. The van der Waals surface area contributed by atoms with Gasteiger partial charge >= 0.3 is 5.69 Å². The van der Waals surface area contributed by atoms with E-state index in [0.29, 0.717) is 0 Å². The minimum absolute atomic E-state index is 0.0395. The van der Waals surface area contributed by atoms with Gasteiger partial charge in [-0.3, -0.25) is 14.3 Å². The molecule has 6 nitrogen and oxygen atoms in total. The Labute approximate surface area is 142 Å². The van der Waals surface area contributed by atoms with Gasteiger partial charge in [-0.25, -0.2) is 4.79 Å². The summed E-state index contributed by atoms with van der Waals surface area (Å²) in [6, 6.07) is 1.28. The molecule has 0 aliphatic carbocycles. The van der Waals surface area contributed by atoms with Gasteiger partial charge in [-0.1, -0.05) is 27.7 Å². The van der Waals surface area contributed by atoms with Gasteiger partial charge in [-0.05, 0) is 18.1 Å². The minimum Gasteiger partial charge on any atom is -0.408 e. The number of aromatic nitrogens is 2. The summed E-state index contributed by atoms with van der Waals surface area (Å²) in [5.74, 6) is 0. The summed E-state index contributed by atoms with van der Waals surface area (Å²) in [6.45, 7) is 10.5. The predicted octanol–water partition coefficient (Wildman–Crippen LogP) is 1.92. The van der Waals surface area contributed by atoms with Crippen molar-refractivity contribution in [1.29, 1.82) is 0 Å². The van der Waals surface area contributed by atoms with Crippen LogP contribution in [0.25, 0.3) is 0 Å². The monoisotopic (exact) mass is 359 g/mol. The molecule has 4 atom stereocenters. The quantitative estimate of drug-likeness (QED) is 0.806.